The van der Waals surface area contributed by atoms with E-state index in [0.717, 1.165) is 11.3 Å². The molecule has 0 aliphatic rings. The fourth-order valence-corrected chi connectivity index (χ4v) is 2.89. The van der Waals surface area contributed by atoms with Gasteiger partial charge in [0.15, 0.2) is 0 Å². The summed E-state index contributed by atoms with van der Waals surface area (Å²) in [4.78, 5) is 13.8. The largest absolute Gasteiger partial charge is 0.416 e. The van der Waals surface area contributed by atoms with Crippen LogP contribution in [0.25, 0.3) is 23.5 Å². The lowest BCUT2D eigenvalue weighted by atomic mass is 10.0. The van der Waals surface area contributed by atoms with Gasteiger partial charge in [0.25, 0.3) is 5.89 Å². The number of rotatable bonds is 4. The van der Waals surface area contributed by atoms with Crippen molar-refractivity contribution in [3.05, 3.63) is 62.3 Å². The third-order valence-electron chi connectivity index (χ3n) is 3.49. The summed E-state index contributed by atoms with van der Waals surface area (Å²) in [6.45, 7) is 0. The Labute approximate surface area is 161 Å². The van der Waals surface area contributed by atoms with Crippen LogP contribution >= 0.6 is 11.3 Å². The quantitative estimate of drug-likeness (QED) is 0.289. The summed E-state index contributed by atoms with van der Waals surface area (Å²) < 4.78 is 82.4. The van der Waals surface area contributed by atoms with E-state index in [4.69, 9.17) is 4.52 Å². The van der Waals surface area contributed by atoms with Crippen LogP contribution in [0.1, 0.15) is 22.6 Å². The SMILES string of the molecule is O=[N+]([O-])c1cc(/C=C/c2nc(-c3cc(C(F)(F)F)cc(C(F)(F)F)c3)no2)cs1. The first-order valence-electron chi connectivity index (χ1n) is 7.48. The van der Waals surface area contributed by atoms with E-state index in [1.54, 1.807) is 0 Å². The van der Waals surface area contributed by atoms with Crippen molar-refractivity contribution in [2.75, 3.05) is 0 Å². The number of benzene rings is 1. The molecule has 13 heteroatoms. The highest BCUT2D eigenvalue weighted by Crippen LogP contribution is 2.38. The van der Waals surface area contributed by atoms with E-state index < -0.39 is 39.8 Å². The molecule has 0 bridgehead atoms. The zero-order valence-corrected chi connectivity index (χ0v) is 14.6. The predicted molar refractivity (Wildman–Crippen MR) is 89.6 cm³/mol. The van der Waals surface area contributed by atoms with Crippen molar-refractivity contribution in [2.45, 2.75) is 12.4 Å². The highest BCUT2D eigenvalue weighted by Gasteiger charge is 2.37. The van der Waals surface area contributed by atoms with E-state index in [0.29, 0.717) is 17.7 Å². The van der Waals surface area contributed by atoms with Gasteiger partial charge in [0.1, 0.15) is 0 Å². The van der Waals surface area contributed by atoms with Gasteiger partial charge >= 0.3 is 17.4 Å². The molecular weight excluding hydrogens is 428 g/mol. The van der Waals surface area contributed by atoms with Gasteiger partial charge in [-0.2, -0.15) is 31.3 Å². The molecule has 152 valence electrons. The van der Waals surface area contributed by atoms with Crippen molar-refractivity contribution in [1.82, 2.24) is 10.1 Å². The summed E-state index contributed by atoms with van der Waals surface area (Å²) in [6, 6.07) is 2.22. The van der Waals surface area contributed by atoms with Crippen LogP contribution in [0.2, 0.25) is 0 Å². The number of thiophene rings is 1. The normalized spacial score (nSPS) is 12.6. The minimum Gasteiger partial charge on any atom is -0.334 e. The maximum Gasteiger partial charge on any atom is 0.416 e. The van der Waals surface area contributed by atoms with Crippen molar-refractivity contribution in [3.8, 4) is 11.4 Å². The number of nitrogens with zero attached hydrogens (tertiary/aromatic N) is 3. The third-order valence-corrected chi connectivity index (χ3v) is 4.39. The number of alkyl halides is 6. The van der Waals surface area contributed by atoms with Crippen LogP contribution in [0, 0.1) is 10.1 Å². The van der Waals surface area contributed by atoms with Gasteiger partial charge in [-0.25, -0.2) is 0 Å². The maximum atomic E-state index is 12.9. The molecule has 0 aliphatic heterocycles. The van der Waals surface area contributed by atoms with Gasteiger partial charge < -0.3 is 4.52 Å². The molecule has 1 aromatic carbocycles. The second kappa shape index (κ2) is 7.31. The van der Waals surface area contributed by atoms with Gasteiger partial charge in [-0.3, -0.25) is 10.1 Å². The highest BCUT2D eigenvalue weighted by molar-refractivity contribution is 7.13. The van der Waals surface area contributed by atoms with E-state index in [9.17, 15) is 36.5 Å². The van der Waals surface area contributed by atoms with Crippen LogP contribution in [0.5, 0.6) is 0 Å². The fraction of sp³-hybridized carbons (Fsp3) is 0.125. The van der Waals surface area contributed by atoms with Gasteiger partial charge in [-0.05, 0) is 29.8 Å². The number of aromatic nitrogens is 2. The smallest absolute Gasteiger partial charge is 0.334 e. The summed E-state index contributed by atoms with van der Waals surface area (Å²) in [5, 5.41) is 15.4. The molecule has 0 saturated carbocycles. The first-order valence-corrected chi connectivity index (χ1v) is 8.36. The fourth-order valence-electron chi connectivity index (χ4n) is 2.19. The van der Waals surface area contributed by atoms with E-state index in [1.807, 2.05) is 0 Å². The van der Waals surface area contributed by atoms with Crippen molar-refractivity contribution in [1.29, 1.82) is 0 Å². The summed E-state index contributed by atoms with van der Waals surface area (Å²) >= 11 is 0.873. The molecule has 0 unspecified atom stereocenters. The van der Waals surface area contributed by atoms with Gasteiger partial charge in [0.2, 0.25) is 5.82 Å². The minimum absolute atomic E-state index is 0.00608. The first-order chi connectivity index (χ1) is 13.4. The van der Waals surface area contributed by atoms with E-state index in [-0.39, 0.29) is 17.0 Å². The molecule has 29 heavy (non-hydrogen) atoms. The highest BCUT2D eigenvalue weighted by atomic mass is 32.1. The first kappa shape index (κ1) is 20.5. The molecule has 2 aromatic heterocycles. The second-order valence-electron chi connectivity index (χ2n) is 5.56. The molecule has 0 aliphatic carbocycles. The van der Waals surface area contributed by atoms with Crippen LogP contribution in [0.3, 0.4) is 0 Å². The maximum absolute atomic E-state index is 12.9. The molecule has 0 spiro atoms. The zero-order chi connectivity index (χ0) is 21.4. The Morgan fingerprint density at radius 2 is 1.62 bits per heavy atom. The minimum atomic E-state index is -5.00. The van der Waals surface area contributed by atoms with E-state index in [2.05, 4.69) is 10.1 Å². The van der Waals surface area contributed by atoms with Crippen LogP contribution in [-0.2, 0) is 12.4 Å². The third kappa shape index (κ3) is 4.80. The lowest BCUT2D eigenvalue weighted by Gasteiger charge is -2.12. The number of halogens is 6. The summed E-state index contributed by atoms with van der Waals surface area (Å²) in [7, 11) is 0. The lowest BCUT2D eigenvalue weighted by Crippen LogP contribution is -2.11. The van der Waals surface area contributed by atoms with Crippen molar-refractivity contribution >= 4 is 28.5 Å². The Hall–Kier alpha value is -3.22. The van der Waals surface area contributed by atoms with Crippen molar-refractivity contribution < 1.29 is 35.8 Å². The topological polar surface area (TPSA) is 82.1 Å². The van der Waals surface area contributed by atoms with Crippen LogP contribution in [0.15, 0.2) is 34.2 Å². The molecule has 3 rings (SSSR count). The summed E-state index contributed by atoms with van der Waals surface area (Å²) in [5.74, 6) is -0.683. The molecule has 0 saturated heterocycles. The number of hydrogen-bond donors (Lipinski definition) is 0. The van der Waals surface area contributed by atoms with Gasteiger partial charge in [0, 0.05) is 23.1 Å². The van der Waals surface area contributed by atoms with Gasteiger partial charge in [-0.1, -0.05) is 16.5 Å². The second-order valence-corrected chi connectivity index (χ2v) is 6.45. The van der Waals surface area contributed by atoms with Crippen molar-refractivity contribution in [3.63, 3.8) is 0 Å². The Morgan fingerprint density at radius 1 is 1.00 bits per heavy atom. The van der Waals surface area contributed by atoms with E-state index >= 15 is 0 Å². The molecule has 0 atom stereocenters. The summed E-state index contributed by atoms with van der Waals surface area (Å²) in [5.41, 5.74) is -3.11. The average molecular weight is 435 g/mol. The van der Waals surface area contributed by atoms with E-state index in [1.165, 1.54) is 23.6 Å². The molecule has 6 nitrogen and oxygen atoms in total. The monoisotopic (exact) mass is 435 g/mol. The number of hydrogen-bond acceptors (Lipinski definition) is 6. The number of nitro groups is 1. The molecule has 2 heterocycles. The van der Waals surface area contributed by atoms with Crippen LogP contribution < -0.4 is 0 Å². The van der Waals surface area contributed by atoms with Crippen molar-refractivity contribution in [2.24, 2.45) is 0 Å². The molecule has 0 N–H and O–H groups in total. The molecule has 0 fully saturated rings. The average Bonchev–Trinajstić information content (AvgIpc) is 3.27. The van der Waals surface area contributed by atoms with Gasteiger partial charge in [0.05, 0.1) is 16.1 Å². The van der Waals surface area contributed by atoms with Crippen LogP contribution in [-0.4, -0.2) is 15.1 Å². The Morgan fingerprint density at radius 3 is 2.14 bits per heavy atom. The zero-order valence-electron chi connectivity index (χ0n) is 13.8. The Kier molecular flexibility index (Phi) is 5.17. The molecular formula is C16H7F6N3O3S. The molecule has 0 amide bonds. The molecule has 3 aromatic rings. The van der Waals surface area contributed by atoms with Crippen LogP contribution in [0.4, 0.5) is 31.3 Å². The molecule has 0 radical (unpaired) electrons. The lowest BCUT2D eigenvalue weighted by molar-refractivity contribution is -0.380. The summed E-state index contributed by atoms with van der Waals surface area (Å²) in [6.07, 6.45) is -7.42. The Bertz CT molecular complexity index is 1050. The van der Waals surface area contributed by atoms with Gasteiger partial charge in [-0.15, -0.1) is 0 Å². The predicted octanol–water partition coefficient (Wildman–Crippen LogP) is 5.91. The Balaban J connectivity index is 1.93. The standard InChI is InChI=1S/C16H7F6N3O3S/c17-15(18,19)10-4-9(5-11(6-10)16(20,21)22)14-23-12(28-24-14)2-1-8-3-13(25(26)27)29-7-8/h1-7H/b2-1+.